The molecule has 1 aromatic rings. The molecule has 0 bridgehead atoms. The maximum Gasteiger partial charge on any atom is 0.256 e. The van der Waals surface area contributed by atoms with E-state index in [2.05, 4.69) is 4.98 Å². The lowest BCUT2D eigenvalue weighted by Crippen LogP contribution is -2.12. The van der Waals surface area contributed by atoms with Crippen molar-refractivity contribution in [3.8, 4) is 0 Å². The predicted molar refractivity (Wildman–Crippen MR) is 58.9 cm³/mol. The third-order valence-electron chi connectivity index (χ3n) is 2.75. The van der Waals surface area contributed by atoms with Crippen LogP contribution in [0.15, 0.2) is 15.9 Å². The van der Waals surface area contributed by atoms with Crippen LogP contribution in [0.3, 0.4) is 0 Å². The molecule has 0 aromatic carbocycles. The summed E-state index contributed by atoms with van der Waals surface area (Å²) in [6.45, 7) is 1.88. The van der Waals surface area contributed by atoms with Crippen LogP contribution in [-0.2, 0) is 4.79 Å². The summed E-state index contributed by atoms with van der Waals surface area (Å²) in [7, 11) is 0. The van der Waals surface area contributed by atoms with Gasteiger partial charge in [0.15, 0.2) is 0 Å². The quantitative estimate of drug-likeness (QED) is 0.739. The minimum Gasteiger partial charge on any atom is -0.440 e. The van der Waals surface area contributed by atoms with E-state index in [0.29, 0.717) is 22.7 Å². The van der Waals surface area contributed by atoms with Gasteiger partial charge in [0.2, 0.25) is 0 Å². The van der Waals surface area contributed by atoms with Crippen LogP contribution < -0.4 is 0 Å². The molecule has 1 aliphatic rings. The summed E-state index contributed by atoms with van der Waals surface area (Å²) < 4.78 is 5.18. The molecule has 4 heteroatoms. The van der Waals surface area contributed by atoms with Crippen molar-refractivity contribution in [1.29, 1.82) is 0 Å². The average molecular weight is 225 g/mol. The van der Waals surface area contributed by atoms with Gasteiger partial charge in [-0.25, -0.2) is 4.98 Å². The fraction of sp³-hybridized carbons (Fsp3) is 0.636. The van der Waals surface area contributed by atoms with Crippen LogP contribution in [-0.4, -0.2) is 16.5 Å². The van der Waals surface area contributed by atoms with Crippen molar-refractivity contribution in [3.63, 3.8) is 0 Å². The van der Waals surface area contributed by atoms with E-state index in [-0.39, 0.29) is 0 Å². The Labute approximate surface area is 93.6 Å². The van der Waals surface area contributed by atoms with E-state index in [1.165, 1.54) is 24.6 Å². The first-order valence-corrected chi connectivity index (χ1v) is 6.32. The molecule has 1 aliphatic carbocycles. The number of nitrogens with zero attached hydrogens (tertiary/aromatic N) is 1. The van der Waals surface area contributed by atoms with Gasteiger partial charge in [0.25, 0.3) is 5.22 Å². The molecule has 0 atom stereocenters. The van der Waals surface area contributed by atoms with Gasteiger partial charge in [-0.1, -0.05) is 24.6 Å². The molecule has 1 saturated carbocycles. The standard InChI is InChI=1S/C11H15NO2S/c1-8-6-14-11(12-8)15-7-10(13)9-4-2-3-5-9/h6,9H,2-5,7H2,1H3. The Bertz CT molecular complexity index is 342. The molecule has 0 spiro atoms. The van der Waals surface area contributed by atoms with Crippen LogP contribution in [0.2, 0.25) is 0 Å². The number of carbonyl (C=O) groups excluding carboxylic acids is 1. The van der Waals surface area contributed by atoms with Gasteiger partial charge < -0.3 is 4.42 Å². The SMILES string of the molecule is Cc1coc(SCC(=O)C2CCCC2)n1. The Hall–Kier alpha value is -0.770. The van der Waals surface area contributed by atoms with Gasteiger partial charge in [-0.15, -0.1) is 0 Å². The number of hydrogen-bond acceptors (Lipinski definition) is 4. The van der Waals surface area contributed by atoms with Gasteiger partial charge in [0, 0.05) is 5.92 Å². The molecule has 82 valence electrons. The van der Waals surface area contributed by atoms with Gasteiger partial charge >= 0.3 is 0 Å². The van der Waals surface area contributed by atoms with E-state index >= 15 is 0 Å². The fourth-order valence-electron chi connectivity index (χ4n) is 1.90. The van der Waals surface area contributed by atoms with Crippen molar-refractivity contribution in [2.75, 3.05) is 5.75 Å². The van der Waals surface area contributed by atoms with E-state index in [0.717, 1.165) is 18.5 Å². The van der Waals surface area contributed by atoms with E-state index in [4.69, 9.17) is 4.42 Å². The van der Waals surface area contributed by atoms with Crippen LogP contribution in [0.5, 0.6) is 0 Å². The summed E-state index contributed by atoms with van der Waals surface area (Å²) in [5.41, 5.74) is 0.866. The number of thioether (sulfide) groups is 1. The lowest BCUT2D eigenvalue weighted by Gasteiger charge is -2.05. The smallest absolute Gasteiger partial charge is 0.256 e. The molecular weight excluding hydrogens is 210 g/mol. The third-order valence-corrected chi connectivity index (χ3v) is 3.61. The molecule has 15 heavy (non-hydrogen) atoms. The van der Waals surface area contributed by atoms with Crippen LogP contribution in [0.25, 0.3) is 0 Å². The van der Waals surface area contributed by atoms with Crippen molar-refractivity contribution in [2.24, 2.45) is 5.92 Å². The van der Waals surface area contributed by atoms with Crippen molar-refractivity contribution < 1.29 is 9.21 Å². The average Bonchev–Trinajstić information content (AvgIpc) is 2.84. The summed E-state index contributed by atoms with van der Waals surface area (Å²) >= 11 is 1.41. The van der Waals surface area contributed by atoms with E-state index in [1.807, 2.05) is 6.92 Å². The van der Waals surface area contributed by atoms with E-state index < -0.39 is 0 Å². The lowest BCUT2D eigenvalue weighted by atomic mass is 10.0. The highest BCUT2D eigenvalue weighted by Gasteiger charge is 2.22. The van der Waals surface area contributed by atoms with Gasteiger partial charge in [-0.2, -0.15) is 0 Å². The second-order valence-corrected chi connectivity index (χ2v) is 4.92. The number of aromatic nitrogens is 1. The number of rotatable bonds is 4. The molecule has 2 rings (SSSR count). The van der Waals surface area contributed by atoms with E-state index in [1.54, 1.807) is 6.26 Å². The molecular formula is C11H15NO2S. The number of oxazole rings is 1. The molecule has 0 N–H and O–H groups in total. The summed E-state index contributed by atoms with van der Waals surface area (Å²) in [6, 6.07) is 0. The predicted octanol–water partition coefficient (Wildman–Crippen LogP) is 2.83. The summed E-state index contributed by atoms with van der Waals surface area (Å²) in [5.74, 6) is 1.16. The first-order valence-electron chi connectivity index (χ1n) is 5.33. The number of aryl methyl sites for hydroxylation is 1. The van der Waals surface area contributed by atoms with Crippen molar-refractivity contribution >= 4 is 17.5 Å². The number of carbonyl (C=O) groups is 1. The fourth-order valence-corrected chi connectivity index (χ4v) is 2.72. The Balaban J connectivity index is 1.80. The molecule has 1 heterocycles. The molecule has 1 aromatic heterocycles. The Kier molecular flexibility index (Phi) is 3.46. The van der Waals surface area contributed by atoms with Gasteiger partial charge in [-0.05, 0) is 19.8 Å². The second kappa shape index (κ2) is 4.84. The topological polar surface area (TPSA) is 43.1 Å². The maximum absolute atomic E-state index is 11.7. The summed E-state index contributed by atoms with van der Waals surface area (Å²) in [4.78, 5) is 15.9. The molecule has 0 unspecified atom stereocenters. The Morgan fingerprint density at radius 1 is 1.60 bits per heavy atom. The van der Waals surface area contributed by atoms with Crippen molar-refractivity contribution in [2.45, 2.75) is 37.8 Å². The largest absolute Gasteiger partial charge is 0.440 e. The maximum atomic E-state index is 11.7. The molecule has 0 radical (unpaired) electrons. The summed E-state index contributed by atoms with van der Waals surface area (Å²) in [5, 5.41) is 0.610. The van der Waals surface area contributed by atoms with Gasteiger partial charge in [0.05, 0.1) is 11.4 Å². The Morgan fingerprint density at radius 2 is 2.33 bits per heavy atom. The third kappa shape index (κ3) is 2.84. The number of ketones is 1. The van der Waals surface area contributed by atoms with Gasteiger partial charge in [-0.3, -0.25) is 4.79 Å². The zero-order valence-corrected chi connectivity index (χ0v) is 9.68. The van der Waals surface area contributed by atoms with Crippen LogP contribution in [0, 0.1) is 12.8 Å². The molecule has 3 nitrogen and oxygen atoms in total. The number of hydrogen-bond donors (Lipinski definition) is 0. The molecule has 1 fully saturated rings. The van der Waals surface area contributed by atoms with Crippen LogP contribution in [0.4, 0.5) is 0 Å². The number of Topliss-reactive ketones (excluding diaryl/α,β-unsaturated/α-hetero) is 1. The van der Waals surface area contributed by atoms with Gasteiger partial charge in [0.1, 0.15) is 12.0 Å². The minimum absolute atomic E-state index is 0.300. The lowest BCUT2D eigenvalue weighted by molar-refractivity contribution is -0.120. The first-order chi connectivity index (χ1) is 7.25. The highest BCUT2D eigenvalue weighted by atomic mass is 32.2. The zero-order valence-electron chi connectivity index (χ0n) is 8.86. The highest BCUT2D eigenvalue weighted by Crippen LogP contribution is 2.27. The van der Waals surface area contributed by atoms with E-state index in [9.17, 15) is 4.79 Å². The first kappa shape index (κ1) is 10.7. The monoisotopic (exact) mass is 225 g/mol. The molecule has 0 amide bonds. The highest BCUT2D eigenvalue weighted by molar-refractivity contribution is 7.99. The Morgan fingerprint density at radius 3 is 2.93 bits per heavy atom. The van der Waals surface area contributed by atoms with Crippen LogP contribution in [0.1, 0.15) is 31.4 Å². The molecule has 0 saturated heterocycles. The minimum atomic E-state index is 0.300. The zero-order chi connectivity index (χ0) is 10.7. The summed E-state index contributed by atoms with van der Waals surface area (Å²) in [6.07, 6.45) is 6.18. The van der Waals surface area contributed by atoms with Crippen molar-refractivity contribution in [1.82, 2.24) is 4.98 Å². The molecule has 0 aliphatic heterocycles. The van der Waals surface area contributed by atoms with Crippen molar-refractivity contribution in [3.05, 3.63) is 12.0 Å². The van der Waals surface area contributed by atoms with Crippen LogP contribution >= 0.6 is 11.8 Å². The second-order valence-electron chi connectivity index (χ2n) is 3.99. The normalized spacial score (nSPS) is 17.1.